The topological polar surface area (TPSA) is 78.3 Å². The van der Waals surface area contributed by atoms with Crippen molar-refractivity contribution in [3.05, 3.63) is 66.1 Å². The number of aromatic nitrogens is 3. The largest absolute Gasteiger partial charge is 0.493 e. The summed E-state index contributed by atoms with van der Waals surface area (Å²) in [6.45, 7) is 2.68. The molecule has 134 valence electrons. The first-order valence-electron chi connectivity index (χ1n) is 8.27. The number of para-hydroxylation sites is 1. The summed E-state index contributed by atoms with van der Waals surface area (Å²) in [6, 6.07) is 13.2. The number of benzene rings is 1. The van der Waals surface area contributed by atoms with Gasteiger partial charge in [-0.15, -0.1) is 0 Å². The third kappa shape index (κ3) is 3.83. The van der Waals surface area contributed by atoms with Crippen LogP contribution in [-0.4, -0.2) is 34.4 Å². The lowest BCUT2D eigenvalue weighted by atomic mass is 10.2. The van der Waals surface area contributed by atoms with E-state index in [9.17, 15) is 4.79 Å². The number of amides is 1. The lowest BCUT2D eigenvalue weighted by Crippen LogP contribution is -2.24. The van der Waals surface area contributed by atoms with Crippen LogP contribution in [-0.2, 0) is 6.54 Å². The van der Waals surface area contributed by atoms with Crippen LogP contribution in [0.1, 0.15) is 23.0 Å². The molecule has 1 N–H and O–H groups in total. The summed E-state index contributed by atoms with van der Waals surface area (Å²) in [7, 11) is 1.51. The zero-order valence-corrected chi connectivity index (χ0v) is 14.7. The zero-order valence-electron chi connectivity index (χ0n) is 14.7. The monoisotopic (exact) mass is 352 g/mol. The quantitative estimate of drug-likeness (QED) is 0.707. The number of methoxy groups -OCH3 is 1. The Hall–Kier alpha value is -3.35. The Morgan fingerprint density at radius 2 is 2.00 bits per heavy atom. The second-order valence-corrected chi connectivity index (χ2v) is 5.41. The SMILES string of the molecule is CCOc1ncccc1CNC(=O)c1nn(-c2ccccc2)cc1OC. The number of hydrogen-bond acceptors (Lipinski definition) is 5. The highest BCUT2D eigenvalue weighted by atomic mass is 16.5. The molecule has 0 saturated carbocycles. The Balaban J connectivity index is 1.77. The summed E-state index contributed by atoms with van der Waals surface area (Å²) in [5, 5.41) is 7.19. The number of carbonyl (C=O) groups excluding carboxylic acids is 1. The summed E-state index contributed by atoms with van der Waals surface area (Å²) >= 11 is 0. The van der Waals surface area contributed by atoms with E-state index in [1.165, 1.54) is 7.11 Å². The fraction of sp³-hybridized carbons (Fsp3) is 0.211. The third-order valence-electron chi connectivity index (χ3n) is 3.71. The smallest absolute Gasteiger partial charge is 0.275 e. The average Bonchev–Trinajstić information content (AvgIpc) is 3.12. The first kappa shape index (κ1) is 17.5. The molecule has 0 aliphatic rings. The summed E-state index contributed by atoms with van der Waals surface area (Å²) in [4.78, 5) is 16.8. The van der Waals surface area contributed by atoms with Gasteiger partial charge in [0.1, 0.15) is 0 Å². The number of rotatable bonds is 7. The van der Waals surface area contributed by atoms with Gasteiger partial charge < -0.3 is 14.8 Å². The van der Waals surface area contributed by atoms with Crippen LogP contribution >= 0.6 is 0 Å². The van der Waals surface area contributed by atoms with Gasteiger partial charge in [0.25, 0.3) is 5.91 Å². The Labute approximate surface area is 151 Å². The average molecular weight is 352 g/mol. The lowest BCUT2D eigenvalue weighted by molar-refractivity contribution is 0.0942. The molecular weight excluding hydrogens is 332 g/mol. The number of hydrogen-bond donors (Lipinski definition) is 1. The summed E-state index contributed by atoms with van der Waals surface area (Å²) in [6.07, 6.45) is 3.33. The number of ether oxygens (including phenoxy) is 2. The molecule has 3 aromatic rings. The van der Waals surface area contributed by atoms with E-state index in [-0.39, 0.29) is 18.1 Å². The van der Waals surface area contributed by atoms with Crippen molar-refractivity contribution in [2.75, 3.05) is 13.7 Å². The van der Waals surface area contributed by atoms with Crippen molar-refractivity contribution in [3.8, 4) is 17.3 Å². The van der Waals surface area contributed by atoms with Crippen molar-refractivity contribution in [1.29, 1.82) is 0 Å². The van der Waals surface area contributed by atoms with Gasteiger partial charge in [-0.05, 0) is 25.1 Å². The number of pyridine rings is 1. The van der Waals surface area contributed by atoms with Crippen LogP contribution < -0.4 is 14.8 Å². The molecule has 2 heterocycles. The normalized spacial score (nSPS) is 10.4. The number of carbonyl (C=O) groups is 1. The van der Waals surface area contributed by atoms with Crippen molar-refractivity contribution in [2.45, 2.75) is 13.5 Å². The van der Waals surface area contributed by atoms with Crippen molar-refractivity contribution >= 4 is 5.91 Å². The maximum absolute atomic E-state index is 12.6. The Morgan fingerprint density at radius 1 is 1.19 bits per heavy atom. The minimum Gasteiger partial charge on any atom is -0.493 e. The highest BCUT2D eigenvalue weighted by molar-refractivity contribution is 5.94. The minimum absolute atomic E-state index is 0.221. The van der Waals surface area contributed by atoms with Gasteiger partial charge in [-0.25, -0.2) is 9.67 Å². The van der Waals surface area contributed by atoms with Crippen LogP contribution in [0.5, 0.6) is 11.6 Å². The Kier molecular flexibility index (Phi) is 5.48. The summed E-state index contributed by atoms with van der Waals surface area (Å²) < 4.78 is 12.4. The van der Waals surface area contributed by atoms with E-state index in [2.05, 4.69) is 15.4 Å². The minimum atomic E-state index is -0.331. The van der Waals surface area contributed by atoms with Gasteiger partial charge in [0.2, 0.25) is 5.88 Å². The van der Waals surface area contributed by atoms with E-state index in [1.807, 2.05) is 43.3 Å². The predicted octanol–water partition coefficient (Wildman–Crippen LogP) is 2.60. The van der Waals surface area contributed by atoms with Gasteiger partial charge in [0.05, 0.1) is 25.6 Å². The molecule has 3 rings (SSSR count). The molecule has 1 amide bonds. The number of nitrogens with zero attached hydrogens (tertiary/aromatic N) is 3. The fourth-order valence-electron chi connectivity index (χ4n) is 2.46. The van der Waals surface area contributed by atoms with Crippen molar-refractivity contribution in [1.82, 2.24) is 20.1 Å². The van der Waals surface area contributed by atoms with E-state index in [0.29, 0.717) is 18.2 Å². The maximum Gasteiger partial charge on any atom is 0.275 e. The molecule has 0 radical (unpaired) electrons. The molecule has 2 aromatic heterocycles. The highest BCUT2D eigenvalue weighted by Crippen LogP contribution is 2.20. The lowest BCUT2D eigenvalue weighted by Gasteiger charge is -2.09. The molecule has 0 atom stereocenters. The second kappa shape index (κ2) is 8.15. The molecule has 0 unspecified atom stereocenters. The number of nitrogens with one attached hydrogen (secondary N) is 1. The van der Waals surface area contributed by atoms with Crippen molar-refractivity contribution in [2.24, 2.45) is 0 Å². The van der Waals surface area contributed by atoms with Crippen LogP contribution in [0.15, 0.2) is 54.9 Å². The van der Waals surface area contributed by atoms with Crippen LogP contribution in [0.25, 0.3) is 5.69 Å². The fourth-order valence-corrected chi connectivity index (χ4v) is 2.46. The molecule has 0 aliphatic carbocycles. The maximum atomic E-state index is 12.6. The molecule has 0 aliphatic heterocycles. The van der Waals surface area contributed by atoms with Crippen LogP contribution in [0.2, 0.25) is 0 Å². The van der Waals surface area contributed by atoms with Crippen molar-refractivity contribution < 1.29 is 14.3 Å². The molecule has 1 aromatic carbocycles. The van der Waals surface area contributed by atoms with Crippen LogP contribution in [0.3, 0.4) is 0 Å². The molecule has 0 fully saturated rings. The van der Waals surface area contributed by atoms with E-state index in [4.69, 9.17) is 9.47 Å². The molecule has 0 bridgehead atoms. The Morgan fingerprint density at radius 3 is 2.73 bits per heavy atom. The van der Waals surface area contributed by atoms with Gasteiger partial charge in [-0.3, -0.25) is 4.79 Å². The highest BCUT2D eigenvalue weighted by Gasteiger charge is 2.18. The van der Waals surface area contributed by atoms with E-state index in [1.54, 1.807) is 23.1 Å². The molecule has 0 spiro atoms. The molecular formula is C19H20N4O3. The van der Waals surface area contributed by atoms with E-state index >= 15 is 0 Å². The van der Waals surface area contributed by atoms with Crippen LogP contribution in [0, 0.1) is 0 Å². The predicted molar refractivity (Wildman–Crippen MR) is 96.7 cm³/mol. The summed E-state index contributed by atoms with van der Waals surface area (Å²) in [5.74, 6) is 0.586. The van der Waals surface area contributed by atoms with Gasteiger partial charge in [-0.2, -0.15) is 5.10 Å². The van der Waals surface area contributed by atoms with Crippen molar-refractivity contribution in [3.63, 3.8) is 0 Å². The molecule has 7 heteroatoms. The van der Waals surface area contributed by atoms with Gasteiger partial charge >= 0.3 is 0 Å². The standard InChI is InChI=1S/C19H20N4O3/c1-3-26-19-14(8-7-11-20-19)12-21-18(24)17-16(25-2)13-23(22-17)15-9-5-4-6-10-15/h4-11,13H,3,12H2,1-2H3,(H,21,24). The Bertz CT molecular complexity index is 878. The third-order valence-corrected chi connectivity index (χ3v) is 3.71. The van der Waals surface area contributed by atoms with E-state index in [0.717, 1.165) is 11.3 Å². The first-order valence-corrected chi connectivity index (χ1v) is 8.27. The zero-order chi connectivity index (χ0) is 18.4. The van der Waals surface area contributed by atoms with Crippen LogP contribution in [0.4, 0.5) is 0 Å². The summed E-state index contributed by atoms with van der Waals surface area (Å²) in [5.41, 5.74) is 1.86. The molecule has 0 saturated heterocycles. The molecule has 7 nitrogen and oxygen atoms in total. The second-order valence-electron chi connectivity index (χ2n) is 5.41. The first-order chi connectivity index (χ1) is 12.7. The van der Waals surface area contributed by atoms with Gasteiger partial charge in [-0.1, -0.05) is 24.3 Å². The van der Waals surface area contributed by atoms with Gasteiger partial charge in [0, 0.05) is 18.3 Å². The van der Waals surface area contributed by atoms with E-state index < -0.39 is 0 Å². The molecule has 26 heavy (non-hydrogen) atoms. The van der Waals surface area contributed by atoms with Gasteiger partial charge in [0.15, 0.2) is 11.4 Å².